The van der Waals surface area contributed by atoms with E-state index in [1.165, 1.54) is 0 Å². The summed E-state index contributed by atoms with van der Waals surface area (Å²) in [5.74, 6) is 0. The van der Waals surface area contributed by atoms with E-state index >= 15 is 0 Å². The fraction of sp³-hybridized carbons (Fsp3) is 0.167. The molecule has 3 aromatic rings. The van der Waals surface area contributed by atoms with Gasteiger partial charge in [0.25, 0.3) is 10.0 Å². The van der Waals surface area contributed by atoms with Gasteiger partial charge in [0, 0.05) is 11.9 Å². The van der Waals surface area contributed by atoms with Crippen LogP contribution in [0.5, 0.6) is 0 Å². The summed E-state index contributed by atoms with van der Waals surface area (Å²) in [6, 6.07) is 17.0. The number of nitrogens with one attached hydrogen (secondary N) is 1. The molecule has 0 bridgehead atoms. The molecule has 24 heavy (non-hydrogen) atoms. The molecule has 3 rings (SSSR count). The summed E-state index contributed by atoms with van der Waals surface area (Å²) in [7, 11) is -3.66. The SMILES string of the molecule is Cc1ccc(NS(=O)(=O)c2cn(Cc3ccccc3)nc2C)cc1. The van der Waals surface area contributed by atoms with Crippen molar-refractivity contribution in [3.8, 4) is 0 Å². The quantitative estimate of drug-likeness (QED) is 0.774. The molecule has 0 saturated carbocycles. The molecule has 1 N–H and O–H groups in total. The van der Waals surface area contributed by atoms with Crippen LogP contribution in [0.1, 0.15) is 16.8 Å². The minimum absolute atomic E-state index is 0.194. The number of rotatable bonds is 5. The highest BCUT2D eigenvalue weighted by Gasteiger charge is 2.20. The lowest BCUT2D eigenvalue weighted by Crippen LogP contribution is -2.13. The van der Waals surface area contributed by atoms with Crippen LogP contribution in [0.2, 0.25) is 0 Å². The Morgan fingerprint density at radius 2 is 1.67 bits per heavy atom. The third-order valence-corrected chi connectivity index (χ3v) is 5.17. The van der Waals surface area contributed by atoms with Gasteiger partial charge in [0.15, 0.2) is 0 Å². The molecule has 0 aliphatic carbocycles. The van der Waals surface area contributed by atoms with E-state index in [4.69, 9.17) is 0 Å². The van der Waals surface area contributed by atoms with Crippen molar-refractivity contribution in [2.45, 2.75) is 25.3 Å². The maximum absolute atomic E-state index is 12.6. The molecular formula is C18H19N3O2S. The van der Waals surface area contributed by atoms with E-state index in [0.717, 1.165) is 11.1 Å². The third kappa shape index (κ3) is 3.65. The fourth-order valence-corrected chi connectivity index (χ4v) is 3.69. The lowest BCUT2D eigenvalue weighted by Gasteiger charge is -2.07. The number of sulfonamides is 1. The molecule has 0 fully saturated rings. The molecule has 0 aliphatic heterocycles. The van der Waals surface area contributed by atoms with Crippen LogP contribution in [0.15, 0.2) is 65.7 Å². The number of aryl methyl sites for hydroxylation is 2. The van der Waals surface area contributed by atoms with Crippen molar-refractivity contribution in [1.29, 1.82) is 0 Å². The van der Waals surface area contributed by atoms with Gasteiger partial charge in [-0.25, -0.2) is 8.42 Å². The maximum Gasteiger partial charge on any atom is 0.265 e. The summed E-state index contributed by atoms with van der Waals surface area (Å²) in [4.78, 5) is 0.194. The van der Waals surface area contributed by atoms with Gasteiger partial charge in [-0.2, -0.15) is 5.10 Å². The highest BCUT2D eigenvalue weighted by Crippen LogP contribution is 2.19. The Morgan fingerprint density at radius 1 is 1.00 bits per heavy atom. The first-order valence-electron chi connectivity index (χ1n) is 7.61. The van der Waals surface area contributed by atoms with E-state index < -0.39 is 10.0 Å². The van der Waals surface area contributed by atoms with E-state index in [1.807, 2.05) is 49.4 Å². The van der Waals surface area contributed by atoms with Crippen molar-refractivity contribution >= 4 is 15.7 Å². The lowest BCUT2D eigenvalue weighted by molar-refractivity contribution is 0.600. The van der Waals surface area contributed by atoms with Crippen LogP contribution >= 0.6 is 0 Å². The van der Waals surface area contributed by atoms with Crippen LogP contribution in [-0.4, -0.2) is 18.2 Å². The Morgan fingerprint density at radius 3 is 2.33 bits per heavy atom. The van der Waals surface area contributed by atoms with Crippen LogP contribution in [0, 0.1) is 13.8 Å². The minimum Gasteiger partial charge on any atom is -0.280 e. The van der Waals surface area contributed by atoms with Crippen molar-refractivity contribution in [3.63, 3.8) is 0 Å². The predicted molar refractivity (Wildman–Crippen MR) is 94.5 cm³/mol. The summed E-state index contributed by atoms with van der Waals surface area (Å²) in [6.07, 6.45) is 1.57. The first-order valence-corrected chi connectivity index (χ1v) is 9.10. The first-order chi connectivity index (χ1) is 11.4. The zero-order valence-corrected chi connectivity index (χ0v) is 14.4. The fourth-order valence-electron chi connectivity index (χ4n) is 2.45. The second-order valence-electron chi connectivity index (χ2n) is 5.73. The first kappa shape index (κ1) is 16.3. The normalized spacial score (nSPS) is 11.4. The molecular weight excluding hydrogens is 322 g/mol. The molecule has 0 amide bonds. The van der Waals surface area contributed by atoms with Gasteiger partial charge in [-0.1, -0.05) is 48.0 Å². The number of hydrogen-bond donors (Lipinski definition) is 1. The zero-order chi connectivity index (χ0) is 17.2. The minimum atomic E-state index is -3.66. The van der Waals surface area contributed by atoms with Gasteiger partial charge in [-0.05, 0) is 31.5 Å². The Labute approximate surface area is 142 Å². The lowest BCUT2D eigenvalue weighted by atomic mass is 10.2. The highest BCUT2D eigenvalue weighted by molar-refractivity contribution is 7.92. The summed E-state index contributed by atoms with van der Waals surface area (Å²) in [5.41, 5.74) is 3.15. The van der Waals surface area contributed by atoms with Crippen molar-refractivity contribution in [2.75, 3.05) is 4.72 Å². The van der Waals surface area contributed by atoms with Gasteiger partial charge in [0.05, 0.1) is 12.2 Å². The number of aromatic nitrogens is 2. The standard InChI is InChI=1S/C18H19N3O2S/c1-14-8-10-17(11-9-14)20-24(22,23)18-13-21(19-15(18)2)12-16-6-4-3-5-7-16/h3-11,13,20H,12H2,1-2H3. The Kier molecular flexibility index (Phi) is 4.40. The Bertz CT molecular complexity index is 930. The van der Waals surface area contributed by atoms with Gasteiger partial charge in [-0.15, -0.1) is 0 Å². The average molecular weight is 341 g/mol. The van der Waals surface area contributed by atoms with Gasteiger partial charge >= 0.3 is 0 Å². The molecule has 0 saturated heterocycles. The monoisotopic (exact) mass is 341 g/mol. The van der Waals surface area contributed by atoms with Crippen molar-refractivity contribution < 1.29 is 8.42 Å². The highest BCUT2D eigenvalue weighted by atomic mass is 32.2. The molecule has 0 unspecified atom stereocenters. The molecule has 1 heterocycles. The number of anilines is 1. The van der Waals surface area contributed by atoms with Crippen LogP contribution in [-0.2, 0) is 16.6 Å². The van der Waals surface area contributed by atoms with E-state index in [-0.39, 0.29) is 4.90 Å². The van der Waals surface area contributed by atoms with E-state index in [2.05, 4.69) is 9.82 Å². The average Bonchev–Trinajstić information content (AvgIpc) is 2.92. The summed E-state index contributed by atoms with van der Waals surface area (Å²) >= 11 is 0. The molecule has 124 valence electrons. The number of hydrogen-bond acceptors (Lipinski definition) is 3. The summed E-state index contributed by atoms with van der Waals surface area (Å²) in [5, 5.41) is 4.33. The van der Waals surface area contributed by atoms with Gasteiger partial charge in [-0.3, -0.25) is 9.40 Å². The molecule has 0 atom stereocenters. The second-order valence-corrected chi connectivity index (χ2v) is 7.38. The predicted octanol–water partition coefficient (Wildman–Crippen LogP) is 3.35. The topological polar surface area (TPSA) is 64.0 Å². The maximum atomic E-state index is 12.6. The molecule has 0 spiro atoms. The number of nitrogens with zero attached hydrogens (tertiary/aromatic N) is 2. The molecule has 5 nitrogen and oxygen atoms in total. The molecule has 0 radical (unpaired) electrons. The van der Waals surface area contributed by atoms with Crippen LogP contribution in [0.4, 0.5) is 5.69 Å². The molecule has 2 aromatic carbocycles. The van der Waals surface area contributed by atoms with Gasteiger partial charge in [0.2, 0.25) is 0 Å². The smallest absolute Gasteiger partial charge is 0.265 e. The Hall–Kier alpha value is -2.60. The second kappa shape index (κ2) is 6.49. The van der Waals surface area contributed by atoms with E-state index in [9.17, 15) is 8.42 Å². The summed E-state index contributed by atoms with van der Waals surface area (Å²) in [6.45, 7) is 4.18. The molecule has 6 heteroatoms. The molecule has 0 aliphatic rings. The molecule has 1 aromatic heterocycles. The third-order valence-electron chi connectivity index (χ3n) is 3.68. The van der Waals surface area contributed by atoms with Gasteiger partial charge in [0.1, 0.15) is 4.90 Å². The van der Waals surface area contributed by atoms with Crippen molar-refractivity contribution in [1.82, 2.24) is 9.78 Å². The van der Waals surface area contributed by atoms with Crippen molar-refractivity contribution in [2.24, 2.45) is 0 Å². The largest absolute Gasteiger partial charge is 0.280 e. The van der Waals surface area contributed by atoms with E-state index in [0.29, 0.717) is 17.9 Å². The van der Waals surface area contributed by atoms with E-state index in [1.54, 1.807) is 29.9 Å². The zero-order valence-electron chi connectivity index (χ0n) is 13.6. The number of benzene rings is 2. The van der Waals surface area contributed by atoms with Crippen molar-refractivity contribution in [3.05, 3.63) is 77.6 Å². The summed E-state index contributed by atoms with van der Waals surface area (Å²) < 4.78 is 29.5. The van der Waals surface area contributed by atoms with Crippen LogP contribution in [0.3, 0.4) is 0 Å². The van der Waals surface area contributed by atoms with Crippen LogP contribution < -0.4 is 4.72 Å². The van der Waals surface area contributed by atoms with Crippen LogP contribution in [0.25, 0.3) is 0 Å². The van der Waals surface area contributed by atoms with Gasteiger partial charge < -0.3 is 0 Å². The Balaban J connectivity index is 1.84.